The average molecular weight is 293 g/mol. The number of benzene rings is 2. The fraction of sp³-hybridized carbons (Fsp3) is 0. The summed E-state index contributed by atoms with van der Waals surface area (Å²) < 4.78 is 26.2. The minimum absolute atomic E-state index is 0.124. The smallest absolute Gasteiger partial charge is 0.255 e. The number of carbonyl (C=O) groups excluding carboxylic acids is 1. The number of anilines is 1. The average Bonchev–Trinajstić information content (AvgIpc) is 2.42. The van der Waals surface area contributed by atoms with E-state index in [0.29, 0.717) is 11.4 Å². The maximum absolute atomic E-state index is 13.4. The standard InChI is InChI=1S/C14H10F2NO2P/c1-20(19)11-4-2-3-9(7-11)14(18)17-13-6-5-10(15)8-12(13)16/h2-8H,1H2,(H,17,18). The summed E-state index contributed by atoms with van der Waals surface area (Å²) in [6.07, 6.45) is 3.39. The van der Waals surface area contributed by atoms with Gasteiger partial charge in [-0.1, -0.05) is 6.07 Å². The maximum atomic E-state index is 13.4. The van der Waals surface area contributed by atoms with Crippen molar-refractivity contribution in [2.24, 2.45) is 0 Å². The maximum Gasteiger partial charge on any atom is 0.255 e. The van der Waals surface area contributed by atoms with E-state index >= 15 is 0 Å². The van der Waals surface area contributed by atoms with Gasteiger partial charge in [-0.2, -0.15) is 0 Å². The lowest BCUT2D eigenvalue weighted by molar-refractivity contribution is -0.149. The molecule has 1 N–H and O–H groups in total. The van der Waals surface area contributed by atoms with Crippen LogP contribution in [0.2, 0.25) is 0 Å². The SMILES string of the molecule is C=[P+]([O-])c1cccc(C(=O)Nc2ccc(F)cc2F)c1. The number of nitrogens with one attached hydrogen (secondary N) is 1. The molecule has 0 fully saturated rings. The van der Waals surface area contributed by atoms with E-state index in [0.717, 1.165) is 12.1 Å². The van der Waals surface area contributed by atoms with Gasteiger partial charge in [0.15, 0.2) is 0 Å². The molecule has 0 aliphatic heterocycles. The minimum Gasteiger partial charge on any atom is -0.626 e. The lowest BCUT2D eigenvalue weighted by Crippen LogP contribution is -2.15. The monoisotopic (exact) mass is 293 g/mol. The van der Waals surface area contributed by atoms with Crippen LogP contribution in [-0.4, -0.2) is 12.2 Å². The molecule has 0 saturated heterocycles. The first-order valence-electron chi connectivity index (χ1n) is 5.61. The van der Waals surface area contributed by atoms with Gasteiger partial charge >= 0.3 is 0 Å². The third-order valence-electron chi connectivity index (χ3n) is 2.58. The molecule has 6 heteroatoms. The third-order valence-corrected chi connectivity index (χ3v) is 3.43. The molecule has 1 atom stereocenters. The fourth-order valence-electron chi connectivity index (χ4n) is 1.59. The summed E-state index contributed by atoms with van der Waals surface area (Å²) in [6, 6.07) is 8.92. The Labute approximate surface area is 115 Å². The number of halogens is 2. The first-order chi connectivity index (χ1) is 9.47. The minimum atomic E-state index is -1.81. The topological polar surface area (TPSA) is 52.2 Å². The van der Waals surface area contributed by atoms with E-state index in [1.165, 1.54) is 12.1 Å². The second kappa shape index (κ2) is 5.90. The van der Waals surface area contributed by atoms with Gasteiger partial charge in [-0.3, -0.25) is 4.79 Å². The van der Waals surface area contributed by atoms with Gasteiger partial charge < -0.3 is 10.2 Å². The van der Waals surface area contributed by atoms with E-state index in [9.17, 15) is 18.5 Å². The van der Waals surface area contributed by atoms with Crippen LogP contribution in [0.3, 0.4) is 0 Å². The number of carbonyl (C=O) groups is 1. The molecular formula is C14H10F2NO2P. The number of amides is 1. The molecule has 2 aromatic rings. The van der Waals surface area contributed by atoms with Gasteiger partial charge in [0.2, 0.25) is 0 Å². The highest BCUT2D eigenvalue weighted by molar-refractivity contribution is 7.56. The molecule has 2 aromatic carbocycles. The molecule has 0 aromatic heterocycles. The van der Waals surface area contributed by atoms with Gasteiger partial charge in [0.25, 0.3) is 5.91 Å². The summed E-state index contributed by atoms with van der Waals surface area (Å²) in [5, 5.41) is 2.75. The Kier molecular flexibility index (Phi) is 4.23. The Morgan fingerprint density at radius 3 is 2.60 bits per heavy atom. The van der Waals surface area contributed by atoms with Gasteiger partial charge in [-0.15, -0.1) is 0 Å². The highest BCUT2D eigenvalue weighted by atomic mass is 31.1. The summed E-state index contributed by atoms with van der Waals surface area (Å²) in [4.78, 5) is 23.2. The van der Waals surface area contributed by atoms with Crippen molar-refractivity contribution in [1.29, 1.82) is 0 Å². The van der Waals surface area contributed by atoms with Crippen LogP contribution >= 0.6 is 7.77 Å². The Morgan fingerprint density at radius 2 is 1.95 bits per heavy atom. The third kappa shape index (κ3) is 3.26. The first kappa shape index (κ1) is 14.3. The Bertz CT molecular complexity index is 689. The fourth-order valence-corrected chi connectivity index (χ4v) is 2.12. The van der Waals surface area contributed by atoms with Crippen molar-refractivity contribution in [2.45, 2.75) is 0 Å². The predicted octanol–water partition coefficient (Wildman–Crippen LogP) is 2.03. The molecule has 102 valence electrons. The van der Waals surface area contributed by atoms with Crippen LogP contribution in [0.25, 0.3) is 0 Å². The molecule has 0 aliphatic rings. The molecular weight excluding hydrogens is 283 g/mol. The molecule has 0 heterocycles. The van der Waals surface area contributed by atoms with Crippen molar-refractivity contribution in [3.63, 3.8) is 0 Å². The Balaban J connectivity index is 2.24. The lowest BCUT2D eigenvalue weighted by Gasteiger charge is -2.07. The Morgan fingerprint density at radius 1 is 1.20 bits per heavy atom. The zero-order valence-corrected chi connectivity index (χ0v) is 11.2. The van der Waals surface area contributed by atoms with E-state index in [-0.39, 0.29) is 11.3 Å². The molecule has 0 aliphatic carbocycles. The summed E-state index contributed by atoms with van der Waals surface area (Å²) in [6.45, 7) is 0. The zero-order valence-electron chi connectivity index (χ0n) is 10.3. The van der Waals surface area contributed by atoms with Crippen LogP contribution < -0.4 is 15.5 Å². The molecule has 2 rings (SSSR count). The highest BCUT2D eigenvalue weighted by Crippen LogP contribution is 2.16. The van der Waals surface area contributed by atoms with Gasteiger partial charge in [0.05, 0.1) is 19.8 Å². The van der Waals surface area contributed by atoms with Gasteiger partial charge in [-0.25, -0.2) is 8.78 Å². The quantitative estimate of drug-likeness (QED) is 0.880. The zero-order chi connectivity index (χ0) is 14.7. The van der Waals surface area contributed by atoms with Crippen molar-refractivity contribution < 1.29 is 18.5 Å². The molecule has 1 unspecified atom stereocenters. The molecule has 3 nitrogen and oxygen atoms in total. The first-order valence-corrected chi connectivity index (χ1v) is 7.06. The van der Waals surface area contributed by atoms with Gasteiger partial charge in [0.1, 0.15) is 16.9 Å². The molecule has 20 heavy (non-hydrogen) atoms. The van der Waals surface area contributed by atoms with Crippen LogP contribution in [-0.2, 0) is 0 Å². The predicted molar refractivity (Wildman–Crippen MR) is 74.4 cm³/mol. The second-order valence-corrected chi connectivity index (χ2v) is 5.28. The molecule has 1 amide bonds. The van der Waals surface area contributed by atoms with E-state index in [2.05, 4.69) is 11.6 Å². The Hall–Kier alpha value is -2.10. The van der Waals surface area contributed by atoms with Crippen molar-refractivity contribution in [3.8, 4) is 0 Å². The van der Waals surface area contributed by atoms with Gasteiger partial charge in [0, 0.05) is 17.7 Å². The van der Waals surface area contributed by atoms with Crippen LogP contribution in [0.4, 0.5) is 14.5 Å². The van der Waals surface area contributed by atoms with E-state index in [4.69, 9.17) is 0 Å². The van der Waals surface area contributed by atoms with E-state index < -0.39 is 25.3 Å². The second-order valence-electron chi connectivity index (χ2n) is 4.01. The van der Waals surface area contributed by atoms with Crippen molar-refractivity contribution >= 4 is 31.0 Å². The molecule has 0 spiro atoms. The van der Waals surface area contributed by atoms with E-state index in [1.54, 1.807) is 12.1 Å². The number of hydrogen-bond acceptors (Lipinski definition) is 2. The van der Waals surface area contributed by atoms with E-state index in [1.807, 2.05) is 0 Å². The lowest BCUT2D eigenvalue weighted by atomic mass is 10.2. The molecule has 0 saturated carbocycles. The summed E-state index contributed by atoms with van der Waals surface area (Å²) in [7, 11) is -1.81. The van der Waals surface area contributed by atoms with Crippen molar-refractivity contribution in [2.75, 3.05) is 5.32 Å². The normalized spacial score (nSPS) is 11.1. The summed E-state index contributed by atoms with van der Waals surface area (Å²) in [5.41, 5.74) is 0.0963. The summed E-state index contributed by atoms with van der Waals surface area (Å²) in [5.74, 6) is -2.16. The number of rotatable bonds is 3. The van der Waals surface area contributed by atoms with Crippen molar-refractivity contribution in [1.82, 2.24) is 0 Å². The highest BCUT2D eigenvalue weighted by Gasteiger charge is 2.12. The largest absolute Gasteiger partial charge is 0.626 e. The van der Waals surface area contributed by atoms with Crippen LogP contribution in [0.1, 0.15) is 10.4 Å². The van der Waals surface area contributed by atoms with Crippen LogP contribution in [0.5, 0.6) is 0 Å². The van der Waals surface area contributed by atoms with Crippen molar-refractivity contribution in [3.05, 3.63) is 59.7 Å². The van der Waals surface area contributed by atoms with Gasteiger partial charge in [-0.05, 0) is 24.3 Å². The molecule has 0 bridgehead atoms. The summed E-state index contributed by atoms with van der Waals surface area (Å²) >= 11 is 0. The van der Waals surface area contributed by atoms with Crippen LogP contribution in [0.15, 0.2) is 42.5 Å². The molecule has 0 radical (unpaired) electrons. The number of hydrogen-bond donors (Lipinski definition) is 1. The van der Waals surface area contributed by atoms with Crippen LogP contribution in [0, 0.1) is 11.6 Å².